The fourth-order valence-corrected chi connectivity index (χ4v) is 1.76. The van der Waals surface area contributed by atoms with Crippen LogP contribution in [0.2, 0.25) is 0 Å². The molecule has 0 aliphatic rings. The summed E-state index contributed by atoms with van der Waals surface area (Å²) >= 11 is 0. The summed E-state index contributed by atoms with van der Waals surface area (Å²) in [6, 6.07) is 6.78. The van der Waals surface area contributed by atoms with Crippen LogP contribution < -0.4 is 5.73 Å². The van der Waals surface area contributed by atoms with Gasteiger partial charge in [-0.2, -0.15) is 0 Å². The van der Waals surface area contributed by atoms with Crippen LogP contribution >= 0.6 is 0 Å². The van der Waals surface area contributed by atoms with E-state index in [9.17, 15) is 4.39 Å². The van der Waals surface area contributed by atoms with Crippen LogP contribution in [0, 0.1) is 5.82 Å². The third kappa shape index (κ3) is 3.11. The Kier molecular flexibility index (Phi) is 4.60. The van der Waals surface area contributed by atoms with Gasteiger partial charge in [-0.05, 0) is 43.0 Å². The van der Waals surface area contributed by atoms with Crippen molar-refractivity contribution < 1.29 is 4.39 Å². The molecule has 14 heavy (non-hydrogen) atoms. The van der Waals surface area contributed by atoms with Gasteiger partial charge in [0.05, 0.1) is 0 Å². The average Bonchev–Trinajstić information content (AvgIpc) is 2.19. The van der Waals surface area contributed by atoms with Crippen LogP contribution in [0.15, 0.2) is 24.3 Å². The minimum Gasteiger partial charge on any atom is -0.330 e. The van der Waals surface area contributed by atoms with E-state index >= 15 is 0 Å². The molecule has 0 radical (unpaired) electrons. The van der Waals surface area contributed by atoms with Gasteiger partial charge in [-0.3, -0.25) is 0 Å². The summed E-state index contributed by atoms with van der Waals surface area (Å²) in [7, 11) is 0. The normalized spacial score (nSPS) is 12.8. The molecule has 78 valence electrons. The molecule has 0 fully saturated rings. The van der Waals surface area contributed by atoms with Gasteiger partial charge in [0.15, 0.2) is 0 Å². The lowest BCUT2D eigenvalue weighted by atomic mass is 9.91. The zero-order valence-electron chi connectivity index (χ0n) is 8.67. The second-order valence-electron chi connectivity index (χ2n) is 3.61. The van der Waals surface area contributed by atoms with E-state index in [-0.39, 0.29) is 5.82 Å². The molecule has 2 heteroatoms. The quantitative estimate of drug-likeness (QED) is 0.767. The molecule has 0 aromatic heterocycles. The Bertz CT molecular complexity index is 250. The molecule has 0 saturated heterocycles. The van der Waals surface area contributed by atoms with Crippen LogP contribution in [-0.4, -0.2) is 6.54 Å². The van der Waals surface area contributed by atoms with Gasteiger partial charge in [0, 0.05) is 0 Å². The van der Waals surface area contributed by atoms with Crippen molar-refractivity contribution in [3.05, 3.63) is 35.6 Å². The van der Waals surface area contributed by atoms with E-state index in [0.29, 0.717) is 12.5 Å². The predicted molar refractivity (Wildman–Crippen MR) is 57.7 cm³/mol. The standard InChI is InChI=1S/C12H18FN/c1-2-3-10(8-9-14)11-4-6-12(13)7-5-11/h4-7,10H,2-3,8-9,14H2,1H3. The monoisotopic (exact) mass is 195 g/mol. The van der Waals surface area contributed by atoms with Crippen molar-refractivity contribution in [2.24, 2.45) is 5.73 Å². The molecule has 1 rings (SSSR count). The first-order valence-electron chi connectivity index (χ1n) is 5.23. The number of hydrogen-bond donors (Lipinski definition) is 1. The van der Waals surface area contributed by atoms with Crippen molar-refractivity contribution in [2.45, 2.75) is 32.1 Å². The first-order valence-corrected chi connectivity index (χ1v) is 5.23. The second-order valence-corrected chi connectivity index (χ2v) is 3.61. The van der Waals surface area contributed by atoms with Gasteiger partial charge in [0.1, 0.15) is 5.82 Å². The number of hydrogen-bond acceptors (Lipinski definition) is 1. The van der Waals surface area contributed by atoms with Crippen LogP contribution in [0.3, 0.4) is 0 Å². The van der Waals surface area contributed by atoms with Crippen LogP contribution in [0.1, 0.15) is 37.7 Å². The number of halogens is 1. The molecule has 0 aliphatic carbocycles. The molecule has 1 unspecified atom stereocenters. The number of benzene rings is 1. The van der Waals surface area contributed by atoms with Gasteiger partial charge in [-0.1, -0.05) is 25.5 Å². The lowest BCUT2D eigenvalue weighted by Gasteiger charge is -2.15. The lowest BCUT2D eigenvalue weighted by molar-refractivity contribution is 0.572. The molecule has 0 spiro atoms. The Balaban J connectivity index is 2.71. The summed E-state index contributed by atoms with van der Waals surface area (Å²) < 4.78 is 12.7. The van der Waals surface area contributed by atoms with Crippen LogP contribution in [0.25, 0.3) is 0 Å². The van der Waals surface area contributed by atoms with Crippen LogP contribution in [0.4, 0.5) is 4.39 Å². The molecule has 1 aromatic carbocycles. The zero-order valence-corrected chi connectivity index (χ0v) is 8.67. The molecular weight excluding hydrogens is 177 g/mol. The maximum atomic E-state index is 12.7. The predicted octanol–water partition coefficient (Wildman–Crippen LogP) is 3.06. The van der Waals surface area contributed by atoms with Crippen molar-refractivity contribution in [1.82, 2.24) is 0 Å². The van der Waals surface area contributed by atoms with Crippen molar-refractivity contribution in [3.8, 4) is 0 Å². The fraction of sp³-hybridized carbons (Fsp3) is 0.500. The summed E-state index contributed by atoms with van der Waals surface area (Å²) in [5.41, 5.74) is 6.76. The first-order chi connectivity index (χ1) is 6.77. The fourth-order valence-electron chi connectivity index (χ4n) is 1.76. The first kappa shape index (κ1) is 11.2. The topological polar surface area (TPSA) is 26.0 Å². The number of rotatable bonds is 5. The van der Waals surface area contributed by atoms with Crippen molar-refractivity contribution >= 4 is 0 Å². The lowest BCUT2D eigenvalue weighted by Crippen LogP contribution is -2.07. The highest BCUT2D eigenvalue weighted by molar-refractivity contribution is 5.20. The minimum atomic E-state index is -0.170. The van der Waals surface area contributed by atoms with E-state index in [2.05, 4.69) is 6.92 Å². The summed E-state index contributed by atoms with van der Waals surface area (Å²) in [5, 5.41) is 0. The molecule has 0 saturated carbocycles. The third-order valence-corrected chi connectivity index (χ3v) is 2.49. The van der Waals surface area contributed by atoms with Gasteiger partial charge in [0.25, 0.3) is 0 Å². The Morgan fingerprint density at radius 2 is 1.86 bits per heavy atom. The molecule has 0 amide bonds. The Morgan fingerprint density at radius 3 is 2.36 bits per heavy atom. The molecule has 2 N–H and O–H groups in total. The van der Waals surface area contributed by atoms with Crippen LogP contribution in [0.5, 0.6) is 0 Å². The molecule has 0 aliphatic heterocycles. The Hall–Kier alpha value is -0.890. The Morgan fingerprint density at radius 1 is 1.21 bits per heavy atom. The smallest absolute Gasteiger partial charge is 0.123 e. The molecule has 0 bridgehead atoms. The van der Waals surface area contributed by atoms with E-state index in [4.69, 9.17) is 5.73 Å². The van der Waals surface area contributed by atoms with Crippen molar-refractivity contribution in [1.29, 1.82) is 0 Å². The molecule has 1 nitrogen and oxygen atoms in total. The summed E-state index contributed by atoms with van der Waals surface area (Å²) in [4.78, 5) is 0. The molecule has 1 atom stereocenters. The van der Waals surface area contributed by atoms with Gasteiger partial charge in [0.2, 0.25) is 0 Å². The Labute approximate surface area is 85.1 Å². The summed E-state index contributed by atoms with van der Waals surface area (Å²) in [6.45, 7) is 2.86. The highest BCUT2D eigenvalue weighted by Crippen LogP contribution is 2.24. The third-order valence-electron chi connectivity index (χ3n) is 2.49. The summed E-state index contributed by atoms with van der Waals surface area (Å²) in [5.74, 6) is 0.322. The van der Waals surface area contributed by atoms with Gasteiger partial charge in [-0.15, -0.1) is 0 Å². The van der Waals surface area contributed by atoms with Gasteiger partial charge < -0.3 is 5.73 Å². The van der Waals surface area contributed by atoms with Crippen LogP contribution in [-0.2, 0) is 0 Å². The molecule has 1 aromatic rings. The van der Waals surface area contributed by atoms with E-state index < -0.39 is 0 Å². The SMILES string of the molecule is CCCC(CCN)c1ccc(F)cc1. The minimum absolute atomic E-state index is 0.170. The molecular formula is C12H18FN. The van der Waals surface area contributed by atoms with E-state index in [1.165, 1.54) is 17.7 Å². The number of nitrogens with two attached hydrogens (primary N) is 1. The summed E-state index contributed by atoms with van der Waals surface area (Å²) in [6.07, 6.45) is 3.25. The maximum Gasteiger partial charge on any atom is 0.123 e. The zero-order chi connectivity index (χ0) is 10.4. The van der Waals surface area contributed by atoms with E-state index in [1.54, 1.807) is 0 Å². The van der Waals surface area contributed by atoms with Crippen molar-refractivity contribution in [3.63, 3.8) is 0 Å². The van der Waals surface area contributed by atoms with Gasteiger partial charge in [-0.25, -0.2) is 4.39 Å². The van der Waals surface area contributed by atoms with E-state index in [0.717, 1.165) is 19.3 Å². The van der Waals surface area contributed by atoms with Crippen molar-refractivity contribution in [2.75, 3.05) is 6.54 Å². The highest BCUT2D eigenvalue weighted by atomic mass is 19.1. The highest BCUT2D eigenvalue weighted by Gasteiger charge is 2.09. The van der Waals surface area contributed by atoms with E-state index in [1.807, 2.05) is 12.1 Å². The second kappa shape index (κ2) is 5.76. The average molecular weight is 195 g/mol. The maximum absolute atomic E-state index is 12.7. The van der Waals surface area contributed by atoms with Gasteiger partial charge >= 0.3 is 0 Å². The largest absolute Gasteiger partial charge is 0.330 e. The molecule has 0 heterocycles.